The van der Waals surface area contributed by atoms with Gasteiger partial charge in [0.1, 0.15) is 5.82 Å². The smallest absolute Gasteiger partial charge is 0.181 e. The van der Waals surface area contributed by atoms with Gasteiger partial charge in [0.15, 0.2) is 11.0 Å². The molecule has 0 radical (unpaired) electrons. The van der Waals surface area contributed by atoms with Gasteiger partial charge < -0.3 is 0 Å². The minimum absolute atomic E-state index is 0.123. The van der Waals surface area contributed by atoms with Crippen molar-refractivity contribution in [1.29, 1.82) is 0 Å². The van der Waals surface area contributed by atoms with Crippen LogP contribution in [-0.2, 0) is 6.42 Å². The van der Waals surface area contributed by atoms with E-state index in [1.807, 2.05) is 24.3 Å². The largest absolute Gasteiger partial charge is 0.235 e. The molecule has 17 heavy (non-hydrogen) atoms. The van der Waals surface area contributed by atoms with E-state index in [2.05, 4.69) is 25.9 Å². The Balaban J connectivity index is 2.31. The number of rotatable bonds is 2. The number of halogens is 3. The Morgan fingerprint density at radius 1 is 1.35 bits per heavy atom. The quantitative estimate of drug-likeness (QED) is 0.785. The molecule has 1 aromatic heterocycles. The molecular weight excluding hydrogens is 307 g/mol. The molecule has 5 heteroatoms. The van der Waals surface area contributed by atoms with Crippen molar-refractivity contribution in [3.05, 3.63) is 56.8 Å². The molecule has 0 aliphatic heterocycles. The summed E-state index contributed by atoms with van der Waals surface area (Å²) in [5.74, 6) is -0.0309. The molecule has 88 valence electrons. The summed E-state index contributed by atoms with van der Waals surface area (Å²) >= 11 is 9.07. The lowest BCUT2D eigenvalue weighted by Gasteiger charge is -2.04. The monoisotopic (exact) mass is 314 g/mol. The van der Waals surface area contributed by atoms with Crippen molar-refractivity contribution < 1.29 is 4.39 Å². The predicted octanol–water partition coefficient (Wildman–Crippen LogP) is 3.93. The van der Waals surface area contributed by atoms with Crippen molar-refractivity contribution in [2.75, 3.05) is 0 Å². The van der Waals surface area contributed by atoms with E-state index >= 15 is 0 Å². The Bertz CT molecular complexity index is 537. The van der Waals surface area contributed by atoms with E-state index in [0.29, 0.717) is 12.2 Å². The lowest BCUT2D eigenvalue weighted by Crippen LogP contribution is -2.02. The highest BCUT2D eigenvalue weighted by molar-refractivity contribution is 9.10. The van der Waals surface area contributed by atoms with E-state index in [-0.39, 0.29) is 10.8 Å². The Labute approximate surface area is 112 Å². The van der Waals surface area contributed by atoms with Gasteiger partial charge in [-0.05, 0) is 24.6 Å². The maximum atomic E-state index is 13.2. The van der Waals surface area contributed by atoms with Gasteiger partial charge in [0.25, 0.3) is 0 Å². The van der Waals surface area contributed by atoms with Gasteiger partial charge in [0, 0.05) is 10.9 Å². The standard InChI is InChI=1S/C12H9BrClFN2/c1-7-11(15)12(14)17-10(16-7)6-8-3-2-4-9(13)5-8/h2-5H,6H2,1H3. The zero-order valence-corrected chi connectivity index (χ0v) is 11.4. The number of hydrogen-bond donors (Lipinski definition) is 0. The first-order valence-electron chi connectivity index (χ1n) is 4.99. The van der Waals surface area contributed by atoms with Crippen molar-refractivity contribution in [2.45, 2.75) is 13.3 Å². The number of benzene rings is 1. The van der Waals surface area contributed by atoms with Gasteiger partial charge in [-0.3, -0.25) is 0 Å². The highest BCUT2D eigenvalue weighted by Gasteiger charge is 2.09. The summed E-state index contributed by atoms with van der Waals surface area (Å²) in [5, 5.41) is -0.123. The third-order valence-electron chi connectivity index (χ3n) is 2.27. The molecule has 0 amide bonds. The van der Waals surface area contributed by atoms with E-state index in [1.165, 1.54) is 0 Å². The summed E-state index contributed by atoms with van der Waals surface area (Å²) < 4.78 is 14.2. The van der Waals surface area contributed by atoms with Crippen LogP contribution in [0.4, 0.5) is 4.39 Å². The second-order valence-corrected chi connectivity index (χ2v) is 4.91. The fourth-order valence-corrected chi connectivity index (χ4v) is 2.17. The molecule has 0 aliphatic carbocycles. The van der Waals surface area contributed by atoms with Crippen molar-refractivity contribution in [1.82, 2.24) is 9.97 Å². The van der Waals surface area contributed by atoms with Crippen molar-refractivity contribution in [2.24, 2.45) is 0 Å². The second kappa shape index (κ2) is 5.10. The molecular formula is C12H9BrClFN2. The minimum Gasteiger partial charge on any atom is -0.235 e. The molecule has 2 rings (SSSR count). The van der Waals surface area contributed by atoms with Crippen molar-refractivity contribution in [3.63, 3.8) is 0 Å². The van der Waals surface area contributed by atoms with Crippen molar-refractivity contribution >= 4 is 27.5 Å². The number of nitrogens with zero attached hydrogens (tertiary/aromatic N) is 2. The highest BCUT2D eigenvalue weighted by Crippen LogP contribution is 2.17. The first-order chi connectivity index (χ1) is 8.06. The topological polar surface area (TPSA) is 25.8 Å². The summed E-state index contributed by atoms with van der Waals surface area (Å²) in [4.78, 5) is 8.00. The highest BCUT2D eigenvalue weighted by atomic mass is 79.9. The first kappa shape index (κ1) is 12.5. The zero-order chi connectivity index (χ0) is 12.4. The number of hydrogen-bond acceptors (Lipinski definition) is 2. The van der Waals surface area contributed by atoms with Crippen LogP contribution in [0.25, 0.3) is 0 Å². The number of aryl methyl sites for hydroxylation is 1. The molecule has 1 heterocycles. The molecule has 1 aromatic carbocycles. The Kier molecular flexibility index (Phi) is 3.74. The molecule has 0 bridgehead atoms. The van der Waals surface area contributed by atoms with Crippen LogP contribution >= 0.6 is 27.5 Å². The van der Waals surface area contributed by atoms with Crippen LogP contribution in [0.5, 0.6) is 0 Å². The minimum atomic E-state index is -0.551. The normalized spacial score (nSPS) is 10.6. The zero-order valence-electron chi connectivity index (χ0n) is 9.04. The summed E-state index contributed by atoms with van der Waals surface area (Å²) in [6.45, 7) is 1.58. The van der Waals surface area contributed by atoms with Gasteiger partial charge >= 0.3 is 0 Å². The van der Waals surface area contributed by atoms with Crippen LogP contribution in [0.2, 0.25) is 5.15 Å². The maximum Gasteiger partial charge on any atom is 0.181 e. The maximum absolute atomic E-state index is 13.2. The summed E-state index contributed by atoms with van der Waals surface area (Å²) in [5.41, 5.74) is 1.32. The SMILES string of the molecule is Cc1nc(Cc2cccc(Br)c2)nc(Cl)c1F. The average molecular weight is 316 g/mol. The van der Waals surface area contributed by atoms with Crippen LogP contribution in [0.3, 0.4) is 0 Å². The average Bonchev–Trinajstić information content (AvgIpc) is 2.26. The van der Waals surface area contributed by atoms with Crippen LogP contribution in [0, 0.1) is 12.7 Å². The van der Waals surface area contributed by atoms with E-state index in [9.17, 15) is 4.39 Å². The van der Waals surface area contributed by atoms with Gasteiger partial charge in [0.2, 0.25) is 0 Å². The van der Waals surface area contributed by atoms with Crippen LogP contribution < -0.4 is 0 Å². The predicted molar refractivity (Wildman–Crippen MR) is 68.7 cm³/mol. The molecule has 0 saturated carbocycles. The van der Waals surface area contributed by atoms with Gasteiger partial charge in [-0.25, -0.2) is 14.4 Å². The van der Waals surface area contributed by atoms with Crippen LogP contribution in [-0.4, -0.2) is 9.97 Å². The fraction of sp³-hybridized carbons (Fsp3) is 0.167. The molecule has 0 N–H and O–H groups in total. The summed E-state index contributed by atoms with van der Waals surface area (Å²) in [6, 6.07) is 7.79. The van der Waals surface area contributed by atoms with E-state index < -0.39 is 5.82 Å². The van der Waals surface area contributed by atoms with E-state index in [4.69, 9.17) is 11.6 Å². The molecule has 2 aromatic rings. The Morgan fingerprint density at radius 3 is 2.76 bits per heavy atom. The first-order valence-corrected chi connectivity index (χ1v) is 6.16. The molecule has 0 fully saturated rings. The molecule has 0 atom stereocenters. The molecule has 0 unspecified atom stereocenters. The van der Waals surface area contributed by atoms with E-state index in [0.717, 1.165) is 10.0 Å². The third kappa shape index (κ3) is 3.01. The van der Waals surface area contributed by atoms with Crippen molar-refractivity contribution in [3.8, 4) is 0 Å². The second-order valence-electron chi connectivity index (χ2n) is 3.64. The Hall–Kier alpha value is -1.00. The molecule has 0 saturated heterocycles. The van der Waals surface area contributed by atoms with Gasteiger partial charge in [0.05, 0.1) is 5.69 Å². The van der Waals surface area contributed by atoms with E-state index in [1.54, 1.807) is 6.92 Å². The molecule has 0 aliphatic rings. The van der Waals surface area contributed by atoms with Crippen LogP contribution in [0.15, 0.2) is 28.7 Å². The fourth-order valence-electron chi connectivity index (χ4n) is 1.49. The molecule has 0 spiro atoms. The lowest BCUT2D eigenvalue weighted by molar-refractivity contribution is 0.597. The lowest BCUT2D eigenvalue weighted by atomic mass is 10.1. The van der Waals surface area contributed by atoms with Crippen LogP contribution in [0.1, 0.15) is 17.1 Å². The number of aromatic nitrogens is 2. The van der Waals surface area contributed by atoms with Gasteiger partial charge in [-0.2, -0.15) is 0 Å². The summed E-state index contributed by atoms with van der Waals surface area (Å²) in [6.07, 6.45) is 0.528. The Morgan fingerprint density at radius 2 is 2.12 bits per heavy atom. The third-order valence-corrected chi connectivity index (χ3v) is 3.02. The summed E-state index contributed by atoms with van der Waals surface area (Å²) in [7, 11) is 0. The van der Waals surface area contributed by atoms with Gasteiger partial charge in [-0.15, -0.1) is 0 Å². The molecule has 2 nitrogen and oxygen atoms in total. The van der Waals surface area contributed by atoms with Gasteiger partial charge in [-0.1, -0.05) is 39.7 Å².